The predicted octanol–water partition coefficient (Wildman–Crippen LogP) is 3.16. The minimum atomic E-state index is 0.185. The summed E-state index contributed by atoms with van der Waals surface area (Å²) in [6.07, 6.45) is 0.882. The number of imidazole rings is 1. The maximum atomic E-state index is 5.88. The number of hydrogen-bond donors (Lipinski definition) is 1. The first-order valence-corrected chi connectivity index (χ1v) is 7.26. The molecule has 1 aliphatic heterocycles. The topological polar surface area (TPSA) is 53.1 Å². The third-order valence-electron chi connectivity index (χ3n) is 4.09. The molecule has 4 nitrogen and oxygen atoms in total. The van der Waals surface area contributed by atoms with Gasteiger partial charge in [-0.3, -0.25) is 0 Å². The fourth-order valence-electron chi connectivity index (χ4n) is 3.12. The average molecular weight is 279 g/mol. The maximum Gasteiger partial charge on any atom is 0.124 e. The molecule has 1 atom stereocenters. The molecule has 1 unspecified atom stereocenters. The summed E-state index contributed by atoms with van der Waals surface area (Å²) in [5.74, 6) is 2.04. The lowest BCUT2D eigenvalue weighted by atomic mass is 10.1. The van der Waals surface area contributed by atoms with Gasteiger partial charge in [-0.05, 0) is 24.3 Å². The average Bonchev–Trinajstić information content (AvgIpc) is 3.07. The molecule has 4 rings (SSSR count). The summed E-state index contributed by atoms with van der Waals surface area (Å²) in [6.45, 7) is 2.78. The summed E-state index contributed by atoms with van der Waals surface area (Å²) in [5.41, 5.74) is 9.93. The van der Waals surface area contributed by atoms with Crippen LogP contribution in [0.1, 0.15) is 24.4 Å². The number of nitrogens with two attached hydrogens (primary N) is 1. The highest BCUT2D eigenvalue weighted by atomic mass is 16.5. The number of fused-ring (bicyclic) bond motifs is 2. The molecule has 0 aliphatic carbocycles. The number of aryl methyl sites for hydroxylation is 1. The SMILES string of the molecule is CCc1nc2cc(N)ccc2n1C1COc2ccccc21. The molecule has 4 heteroatoms. The maximum absolute atomic E-state index is 5.88. The first kappa shape index (κ1) is 12.3. The van der Waals surface area contributed by atoms with Crippen LogP contribution >= 0.6 is 0 Å². The summed E-state index contributed by atoms with van der Waals surface area (Å²) in [4.78, 5) is 4.74. The molecule has 0 bridgehead atoms. The van der Waals surface area contributed by atoms with Gasteiger partial charge in [-0.15, -0.1) is 0 Å². The van der Waals surface area contributed by atoms with E-state index in [4.69, 9.17) is 15.5 Å². The van der Waals surface area contributed by atoms with Gasteiger partial charge in [0.15, 0.2) is 0 Å². The number of rotatable bonds is 2. The largest absolute Gasteiger partial charge is 0.491 e. The van der Waals surface area contributed by atoms with Gasteiger partial charge in [-0.2, -0.15) is 0 Å². The first-order chi connectivity index (χ1) is 10.3. The van der Waals surface area contributed by atoms with Gasteiger partial charge in [0.2, 0.25) is 0 Å². The third-order valence-corrected chi connectivity index (χ3v) is 4.09. The Morgan fingerprint density at radius 3 is 3.00 bits per heavy atom. The van der Waals surface area contributed by atoms with Crippen LogP contribution in [0.4, 0.5) is 5.69 Å². The Hall–Kier alpha value is -2.49. The van der Waals surface area contributed by atoms with Crippen LogP contribution in [-0.4, -0.2) is 16.2 Å². The van der Waals surface area contributed by atoms with Crippen LogP contribution in [0.5, 0.6) is 5.75 Å². The highest BCUT2D eigenvalue weighted by Crippen LogP contribution is 2.37. The van der Waals surface area contributed by atoms with Gasteiger partial charge < -0.3 is 15.0 Å². The van der Waals surface area contributed by atoms with Gasteiger partial charge in [-0.25, -0.2) is 4.98 Å². The number of benzene rings is 2. The van der Waals surface area contributed by atoms with Crippen molar-refractivity contribution in [3.05, 3.63) is 53.9 Å². The lowest BCUT2D eigenvalue weighted by Gasteiger charge is -2.15. The number of anilines is 1. The first-order valence-electron chi connectivity index (χ1n) is 7.26. The Bertz CT molecular complexity index is 822. The predicted molar refractivity (Wildman–Crippen MR) is 83.6 cm³/mol. The fraction of sp³-hybridized carbons (Fsp3) is 0.235. The van der Waals surface area contributed by atoms with E-state index in [0.717, 1.165) is 34.7 Å². The fourth-order valence-corrected chi connectivity index (χ4v) is 3.12. The Morgan fingerprint density at radius 1 is 1.29 bits per heavy atom. The molecule has 1 aliphatic rings. The van der Waals surface area contributed by atoms with E-state index in [0.29, 0.717) is 6.61 Å². The molecular weight excluding hydrogens is 262 g/mol. The molecule has 0 spiro atoms. The zero-order valence-corrected chi connectivity index (χ0v) is 11.9. The molecule has 21 heavy (non-hydrogen) atoms. The van der Waals surface area contributed by atoms with Crippen molar-refractivity contribution in [1.82, 2.24) is 9.55 Å². The van der Waals surface area contributed by atoms with E-state index in [1.165, 1.54) is 5.56 Å². The quantitative estimate of drug-likeness (QED) is 0.733. The number of ether oxygens (including phenoxy) is 1. The van der Waals surface area contributed by atoms with Gasteiger partial charge in [0.05, 0.1) is 17.1 Å². The second-order valence-corrected chi connectivity index (χ2v) is 5.36. The third kappa shape index (κ3) is 1.79. The Morgan fingerprint density at radius 2 is 2.14 bits per heavy atom. The smallest absolute Gasteiger partial charge is 0.124 e. The summed E-state index contributed by atoms with van der Waals surface area (Å²) in [5, 5.41) is 0. The summed E-state index contributed by atoms with van der Waals surface area (Å²) < 4.78 is 8.13. The van der Waals surface area contributed by atoms with Crippen LogP contribution < -0.4 is 10.5 Å². The highest BCUT2D eigenvalue weighted by Gasteiger charge is 2.28. The van der Waals surface area contributed by atoms with Crippen LogP contribution in [0, 0.1) is 0 Å². The van der Waals surface area contributed by atoms with Crippen molar-refractivity contribution in [2.75, 3.05) is 12.3 Å². The van der Waals surface area contributed by atoms with Crippen molar-refractivity contribution < 1.29 is 4.74 Å². The van der Waals surface area contributed by atoms with E-state index < -0.39 is 0 Å². The van der Waals surface area contributed by atoms with Crippen LogP contribution in [0.15, 0.2) is 42.5 Å². The Kier molecular flexibility index (Phi) is 2.64. The van der Waals surface area contributed by atoms with Gasteiger partial charge in [0.1, 0.15) is 18.2 Å². The van der Waals surface area contributed by atoms with E-state index in [2.05, 4.69) is 29.7 Å². The van der Waals surface area contributed by atoms with Crippen LogP contribution in [0.2, 0.25) is 0 Å². The van der Waals surface area contributed by atoms with Gasteiger partial charge in [0, 0.05) is 17.7 Å². The molecule has 2 aromatic carbocycles. The minimum absolute atomic E-state index is 0.185. The molecule has 0 saturated carbocycles. The molecule has 2 heterocycles. The Balaban J connectivity index is 1.94. The molecule has 1 aromatic heterocycles. The zero-order chi connectivity index (χ0) is 14.4. The van der Waals surface area contributed by atoms with Gasteiger partial charge >= 0.3 is 0 Å². The van der Waals surface area contributed by atoms with E-state index in [1.807, 2.05) is 24.3 Å². The van der Waals surface area contributed by atoms with Gasteiger partial charge in [-0.1, -0.05) is 25.1 Å². The van der Waals surface area contributed by atoms with Crippen molar-refractivity contribution in [1.29, 1.82) is 0 Å². The molecule has 0 radical (unpaired) electrons. The molecule has 0 amide bonds. The molecular formula is C17H17N3O. The van der Waals surface area contributed by atoms with E-state index >= 15 is 0 Å². The number of nitrogens with zero attached hydrogens (tertiary/aromatic N) is 2. The van der Waals surface area contributed by atoms with Crippen molar-refractivity contribution in [3.63, 3.8) is 0 Å². The number of nitrogen functional groups attached to an aromatic ring is 1. The second kappa shape index (κ2) is 4.52. The summed E-state index contributed by atoms with van der Waals surface area (Å²) in [7, 11) is 0. The summed E-state index contributed by atoms with van der Waals surface area (Å²) >= 11 is 0. The van der Waals surface area contributed by atoms with Crippen molar-refractivity contribution in [2.24, 2.45) is 0 Å². The highest BCUT2D eigenvalue weighted by molar-refractivity contribution is 5.80. The summed E-state index contributed by atoms with van der Waals surface area (Å²) in [6, 6.07) is 14.3. The monoisotopic (exact) mass is 279 g/mol. The molecule has 2 N–H and O–H groups in total. The van der Waals surface area contributed by atoms with Crippen LogP contribution in [-0.2, 0) is 6.42 Å². The van der Waals surface area contributed by atoms with E-state index in [-0.39, 0.29) is 6.04 Å². The minimum Gasteiger partial charge on any atom is -0.491 e. The number of hydrogen-bond acceptors (Lipinski definition) is 3. The van der Waals surface area contributed by atoms with Crippen molar-refractivity contribution in [2.45, 2.75) is 19.4 Å². The van der Waals surface area contributed by atoms with Crippen molar-refractivity contribution >= 4 is 16.7 Å². The Labute approximate surface area is 123 Å². The van der Waals surface area contributed by atoms with Gasteiger partial charge in [0.25, 0.3) is 0 Å². The lowest BCUT2D eigenvalue weighted by molar-refractivity contribution is 0.316. The number of para-hydroxylation sites is 1. The van der Waals surface area contributed by atoms with Crippen molar-refractivity contribution in [3.8, 4) is 5.75 Å². The molecule has 106 valence electrons. The molecule has 3 aromatic rings. The molecule has 0 saturated heterocycles. The van der Waals surface area contributed by atoms with Crippen LogP contribution in [0.25, 0.3) is 11.0 Å². The standard InChI is InChI=1S/C17H17N3O/c1-2-17-19-13-9-11(18)7-8-14(13)20(17)15-10-21-16-6-4-3-5-12(15)16/h3-9,15H,2,10,18H2,1H3. The lowest BCUT2D eigenvalue weighted by Crippen LogP contribution is -2.14. The van der Waals surface area contributed by atoms with E-state index in [1.54, 1.807) is 0 Å². The van der Waals surface area contributed by atoms with E-state index in [9.17, 15) is 0 Å². The second-order valence-electron chi connectivity index (χ2n) is 5.36. The normalized spacial score (nSPS) is 16.9. The number of aromatic nitrogens is 2. The van der Waals surface area contributed by atoms with Crippen LogP contribution in [0.3, 0.4) is 0 Å². The molecule has 0 fully saturated rings. The zero-order valence-electron chi connectivity index (χ0n) is 11.9.